The molecule has 18 heavy (non-hydrogen) atoms. The number of carboxylic acid groups (broad SMARTS) is 1. The van der Waals surface area contributed by atoms with Gasteiger partial charge in [0.1, 0.15) is 13.2 Å². The highest BCUT2D eigenvalue weighted by Gasteiger charge is 2.22. The number of carbonyl (C=O) groups is 1. The molecule has 1 aliphatic rings. The van der Waals surface area contributed by atoms with E-state index in [0.29, 0.717) is 31.1 Å². The summed E-state index contributed by atoms with van der Waals surface area (Å²) in [7, 11) is 0. The number of aryl methyl sites for hydroxylation is 1. The highest BCUT2D eigenvalue weighted by molar-refractivity contribution is 5.66. The minimum absolute atomic E-state index is 0.0468. The van der Waals surface area contributed by atoms with Crippen molar-refractivity contribution < 1.29 is 19.4 Å². The van der Waals surface area contributed by atoms with Crippen molar-refractivity contribution in [3.63, 3.8) is 0 Å². The van der Waals surface area contributed by atoms with Gasteiger partial charge in [0, 0.05) is 18.0 Å². The van der Waals surface area contributed by atoms with Crippen molar-refractivity contribution in [2.45, 2.75) is 25.8 Å². The van der Waals surface area contributed by atoms with Gasteiger partial charge < -0.3 is 20.3 Å². The highest BCUT2D eigenvalue weighted by Crippen LogP contribution is 2.39. The van der Waals surface area contributed by atoms with E-state index in [1.807, 2.05) is 19.1 Å². The van der Waals surface area contributed by atoms with Gasteiger partial charge in [-0.3, -0.25) is 4.79 Å². The van der Waals surface area contributed by atoms with E-state index in [-0.39, 0.29) is 12.5 Å². The van der Waals surface area contributed by atoms with Gasteiger partial charge in [0.15, 0.2) is 11.5 Å². The fourth-order valence-electron chi connectivity index (χ4n) is 2.12. The third-order valence-electron chi connectivity index (χ3n) is 3.01. The van der Waals surface area contributed by atoms with Crippen molar-refractivity contribution in [2.75, 3.05) is 13.2 Å². The second-order valence-corrected chi connectivity index (χ2v) is 4.36. The molecule has 1 aliphatic heterocycles. The van der Waals surface area contributed by atoms with E-state index in [4.69, 9.17) is 20.3 Å². The van der Waals surface area contributed by atoms with Crippen LogP contribution in [0.1, 0.15) is 30.0 Å². The van der Waals surface area contributed by atoms with Crippen molar-refractivity contribution in [1.29, 1.82) is 0 Å². The molecule has 0 spiro atoms. The Hall–Kier alpha value is -1.75. The molecule has 1 atom stereocenters. The molecule has 5 heteroatoms. The smallest absolute Gasteiger partial charge is 0.303 e. The predicted octanol–water partition coefficient (Wildman–Crippen LogP) is 1.63. The monoisotopic (exact) mass is 251 g/mol. The lowest BCUT2D eigenvalue weighted by Crippen LogP contribution is -2.21. The van der Waals surface area contributed by atoms with E-state index in [1.165, 1.54) is 0 Å². The fraction of sp³-hybridized carbons (Fsp3) is 0.462. The molecule has 0 saturated carbocycles. The first kappa shape index (κ1) is 12.7. The van der Waals surface area contributed by atoms with E-state index in [0.717, 1.165) is 11.1 Å². The summed E-state index contributed by atoms with van der Waals surface area (Å²) in [6.45, 7) is 2.96. The number of benzene rings is 1. The van der Waals surface area contributed by atoms with Gasteiger partial charge in [-0.1, -0.05) is 6.07 Å². The molecule has 5 nitrogen and oxygen atoms in total. The summed E-state index contributed by atoms with van der Waals surface area (Å²) in [6.07, 6.45) is 0.432. The number of nitrogens with two attached hydrogens (primary N) is 1. The van der Waals surface area contributed by atoms with Crippen LogP contribution in [-0.2, 0) is 4.79 Å². The molecule has 0 aliphatic carbocycles. The minimum atomic E-state index is -0.843. The molecule has 2 rings (SSSR count). The number of rotatable bonds is 4. The van der Waals surface area contributed by atoms with Gasteiger partial charge >= 0.3 is 5.97 Å². The normalized spacial score (nSPS) is 15.2. The zero-order chi connectivity index (χ0) is 13.1. The largest absolute Gasteiger partial charge is 0.486 e. The standard InChI is InChI=1S/C13H17NO4/c1-8-2-4-10-13(18-7-6-17-10)12(8)9(14)3-5-11(15)16/h2,4,9H,3,5-7,14H2,1H3,(H,15,16). The maximum atomic E-state index is 10.6. The predicted molar refractivity (Wildman–Crippen MR) is 66.0 cm³/mol. The minimum Gasteiger partial charge on any atom is -0.486 e. The van der Waals surface area contributed by atoms with Crippen LogP contribution in [0.25, 0.3) is 0 Å². The maximum Gasteiger partial charge on any atom is 0.303 e. The van der Waals surface area contributed by atoms with Gasteiger partial charge in [0.25, 0.3) is 0 Å². The Morgan fingerprint density at radius 1 is 1.44 bits per heavy atom. The molecule has 1 unspecified atom stereocenters. The van der Waals surface area contributed by atoms with Crippen molar-refractivity contribution in [1.82, 2.24) is 0 Å². The van der Waals surface area contributed by atoms with Crippen molar-refractivity contribution >= 4 is 5.97 Å². The van der Waals surface area contributed by atoms with Crippen LogP contribution in [0.3, 0.4) is 0 Å². The zero-order valence-corrected chi connectivity index (χ0v) is 10.3. The van der Waals surface area contributed by atoms with Gasteiger partial charge in [0.2, 0.25) is 0 Å². The summed E-state index contributed by atoms with van der Waals surface area (Å²) in [5, 5.41) is 8.71. The first-order valence-electron chi connectivity index (χ1n) is 5.96. The number of fused-ring (bicyclic) bond motifs is 1. The lowest BCUT2D eigenvalue weighted by Gasteiger charge is -2.25. The average Bonchev–Trinajstić information content (AvgIpc) is 2.36. The summed E-state index contributed by atoms with van der Waals surface area (Å²) in [6, 6.07) is 3.43. The van der Waals surface area contributed by atoms with Gasteiger partial charge in [-0.2, -0.15) is 0 Å². The molecule has 0 aromatic heterocycles. The van der Waals surface area contributed by atoms with Gasteiger partial charge in [-0.15, -0.1) is 0 Å². The molecular formula is C13H17NO4. The van der Waals surface area contributed by atoms with E-state index >= 15 is 0 Å². The van der Waals surface area contributed by atoms with Crippen LogP contribution in [0.4, 0.5) is 0 Å². The number of ether oxygens (including phenoxy) is 2. The third kappa shape index (κ3) is 2.56. The Bertz CT molecular complexity index is 459. The first-order chi connectivity index (χ1) is 8.59. The van der Waals surface area contributed by atoms with Crippen LogP contribution in [-0.4, -0.2) is 24.3 Å². The molecule has 0 radical (unpaired) electrons. The summed E-state index contributed by atoms with van der Waals surface area (Å²) in [4.78, 5) is 10.6. The van der Waals surface area contributed by atoms with Crippen LogP contribution in [0.5, 0.6) is 11.5 Å². The van der Waals surface area contributed by atoms with E-state index in [2.05, 4.69) is 0 Å². The van der Waals surface area contributed by atoms with Crippen LogP contribution >= 0.6 is 0 Å². The zero-order valence-electron chi connectivity index (χ0n) is 10.3. The van der Waals surface area contributed by atoms with E-state index < -0.39 is 5.97 Å². The Labute approximate surface area is 106 Å². The number of hydrogen-bond donors (Lipinski definition) is 2. The van der Waals surface area contributed by atoms with Crippen LogP contribution in [0.2, 0.25) is 0 Å². The summed E-state index contributed by atoms with van der Waals surface area (Å²) < 4.78 is 11.1. The second kappa shape index (κ2) is 5.27. The molecule has 1 aromatic carbocycles. The quantitative estimate of drug-likeness (QED) is 0.850. The fourth-order valence-corrected chi connectivity index (χ4v) is 2.12. The topological polar surface area (TPSA) is 81.8 Å². The molecule has 0 amide bonds. The Balaban J connectivity index is 2.27. The lowest BCUT2D eigenvalue weighted by molar-refractivity contribution is -0.137. The van der Waals surface area contributed by atoms with Crippen molar-refractivity contribution in [3.05, 3.63) is 23.3 Å². The highest BCUT2D eigenvalue weighted by atomic mass is 16.6. The number of carboxylic acids is 1. The summed E-state index contributed by atoms with van der Waals surface area (Å²) >= 11 is 0. The number of hydrogen-bond acceptors (Lipinski definition) is 4. The molecule has 98 valence electrons. The van der Waals surface area contributed by atoms with Crippen molar-refractivity contribution in [2.24, 2.45) is 5.73 Å². The molecule has 1 aromatic rings. The summed E-state index contributed by atoms with van der Waals surface area (Å²) in [5.74, 6) is 0.511. The molecule has 0 saturated heterocycles. The molecule has 3 N–H and O–H groups in total. The van der Waals surface area contributed by atoms with E-state index in [9.17, 15) is 4.79 Å². The number of aliphatic carboxylic acids is 1. The van der Waals surface area contributed by atoms with Crippen LogP contribution < -0.4 is 15.2 Å². The second-order valence-electron chi connectivity index (χ2n) is 4.36. The van der Waals surface area contributed by atoms with E-state index in [1.54, 1.807) is 0 Å². The van der Waals surface area contributed by atoms with Crippen molar-refractivity contribution in [3.8, 4) is 11.5 Å². The maximum absolute atomic E-state index is 10.6. The molecule has 0 bridgehead atoms. The first-order valence-corrected chi connectivity index (χ1v) is 5.96. The summed E-state index contributed by atoms with van der Waals surface area (Å²) in [5.41, 5.74) is 7.92. The lowest BCUT2D eigenvalue weighted by atomic mass is 9.96. The third-order valence-corrected chi connectivity index (χ3v) is 3.01. The Morgan fingerprint density at radius 3 is 2.89 bits per heavy atom. The van der Waals surface area contributed by atoms with Gasteiger partial charge in [0.05, 0.1) is 0 Å². The molecular weight excluding hydrogens is 234 g/mol. The SMILES string of the molecule is Cc1ccc2c(c1C(N)CCC(=O)O)OCCO2. The Kier molecular flexibility index (Phi) is 3.72. The van der Waals surface area contributed by atoms with Crippen LogP contribution in [0.15, 0.2) is 12.1 Å². The molecule has 1 heterocycles. The van der Waals surface area contributed by atoms with Crippen LogP contribution in [0, 0.1) is 6.92 Å². The Morgan fingerprint density at radius 2 is 2.17 bits per heavy atom. The average molecular weight is 251 g/mol. The van der Waals surface area contributed by atoms with Gasteiger partial charge in [-0.25, -0.2) is 0 Å². The molecule has 0 fully saturated rings. The van der Waals surface area contributed by atoms with Gasteiger partial charge in [-0.05, 0) is 25.0 Å².